The zero-order chi connectivity index (χ0) is 7.45. The van der Waals surface area contributed by atoms with Crippen LogP contribution in [0.4, 0.5) is 0 Å². The van der Waals surface area contributed by atoms with E-state index in [0.29, 0.717) is 19.1 Å². The van der Waals surface area contributed by atoms with E-state index in [4.69, 9.17) is 0 Å². The van der Waals surface area contributed by atoms with Gasteiger partial charge >= 0.3 is 0 Å². The van der Waals surface area contributed by atoms with Gasteiger partial charge in [-0.3, -0.25) is 0 Å². The molecule has 0 unspecified atom stereocenters. The number of rotatable bonds is 1. The summed E-state index contributed by atoms with van der Waals surface area (Å²) in [6, 6.07) is 0. The highest BCUT2D eigenvalue weighted by Crippen LogP contribution is 2.24. The molecule has 1 fully saturated rings. The summed E-state index contributed by atoms with van der Waals surface area (Å²) in [5.41, 5.74) is -0.976. The van der Waals surface area contributed by atoms with Crippen LogP contribution in [0.15, 0.2) is 0 Å². The summed E-state index contributed by atoms with van der Waals surface area (Å²) < 4.78 is 0. The molecule has 10 heavy (non-hydrogen) atoms. The molecule has 0 saturated heterocycles. The predicted molar refractivity (Wildman–Crippen MR) is 38.7 cm³/mol. The number of carbonyl (C=O) groups excluding carboxylic acids is 1. The molecule has 0 radical (unpaired) electrons. The lowest BCUT2D eigenvalue weighted by atomic mass is 9.97. The number of aldehydes is 1. The standard InChI is InChI=1S/C8H14O2/c9-7-8(10)5-3-1-2-4-6-8/h7,10H,1-6H2. The lowest BCUT2D eigenvalue weighted by Crippen LogP contribution is -2.29. The second-order valence-corrected chi connectivity index (χ2v) is 3.14. The van der Waals surface area contributed by atoms with E-state index in [1.54, 1.807) is 0 Å². The molecule has 58 valence electrons. The van der Waals surface area contributed by atoms with E-state index in [-0.39, 0.29) is 0 Å². The SMILES string of the molecule is O=CC1(O)CCCCCC1. The molecule has 0 amide bonds. The van der Waals surface area contributed by atoms with Gasteiger partial charge in [0.1, 0.15) is 5.60 Å². The first-order valence-electron chi connectivity index (χ1n) is 3.96. The fourth-order valence-corrected chi connectivity index (χ4v) is 1.46. The average Bonchev–Trinajstić information content (AvgIpc) is 2.15. The van der Waals surface area contributed by atoms with Crippen molar-refractivity contribution in [1.29, 1.82) is 0 Å². The van der Waals surface area contributed by atoms with Gasteiger partial charge in [-0.05, 0) is 12.8 Å². The van der Waals surface area contributed by atoms with E-state index < -0.39 is 5.60 Å². The first-order chi connectivity index (χ1) is 4.77. The molecule has 1 aliphatic carbocycles. The molecule has 0 bridgehead atoms. The molecular weight excluding hydrogens is 128 g/mol. The van der Waals surface area contributed by atoms with Crippen LogP contribution in [0.5, 0.6) is 0 Å². The van der Waals surface area contributed by atoms with Crippen LogP contribution in [0.2, 0.25) is 0 Å². The highest BCUT2D eigenvalue weighted by Gasteiger charge is 2.26. The lowest BCUT2D eigenvalue weighted by Gasteiger charge is -2.17. The molecule has 0 aromatic carbocycles. The third-order valence-electron chi connectivity index (χ3n) is 2.19. The molecule has 0 aromatic rings. The number of hydrogen-bond donors (Lipinski definition) is 1. The zero-order valence-electron chi connectivity index (χ0n) is 6.18. The van der Waals surface area contributed by atoms with Crippen molar-refractivity contribution in [1.82, 2.24) is 0 Å². The molecule has 1 saturated carbocycles. The highest BCUT2D eigenvalue weighted by atomic mass is 16.3. The molecule has 1 N–H and O–H groups in total. The van der Waals surface area contributed by atoms with Crippen molar-refractivity contribution in [3.63, 3.8) is 0 Å². The molecule has 2 heteroatoms. The Kier molecular flexibility index (Phi) is 2.44. The number of hydrogen-bond acceptors (Lipinski definition) is 2. The topological polar surface area (TPSA) is 37.3 Å². The van der Waals surface area contributed by atoms with Gasteiger partial charge in [0.15, 0.2) is 6.29 Å². The molecule has 0 spiro atoms. The van der Waals surface area contributed by atoms with Crippen LogP contribution in [-0.4, -0.2) is 17.0 Å². The maximum Gasteiger partial charge on any atom is 0.151 e. The van der Waals surface area contributed by atoms with Gasteiger partial charge in [-0.1, -0.05) is 25.7 Å². The minimum absolute atomic E-state index is 0.663. The molecule has 0 aromatic heterocycles. The summed E-state index contributed by atoms with van der Waals surface area (Å²) in [5, 5.41) is 9.49. The molecule has 2 nitrogen and oxygen atoms in total. The van der Waals surface area contributed by atoms with E-state index >= 15 is 0 Å². The molecule has 1 rings (SSSR count). The van der Waals surface area contributed by atoms with Crippen LogP contribution >= 0.6 is 0 Å². The third-order valence-corrected chi connectivity index (χ3v) is 2.19. The van der Waals surface area contributed by atoms with Crippen LogP contribution < -0.4 is 0 Å². The van der Waals surface area contributed by atoms with Crippen molar-refractivity contribution in [2.75, 3.05) is 0 Å². The van der Waals surface area contributed by atoms with E-state index in [1.807, 2.05) is 0 Å². The van der Waals surface area contributed by atoms with Gasteiger partial charge in [0.2, 0.25) is 0 Å². The summed E-state index contributed by atoms with van der Waals surface area (Å²) in [7, 11) is 0. The third kappa shape index (κ3) is 1.81. The van der Waals surface area contributed by atoms with Crippen LogP contribution in [0, 0.1) is 0 Å². The largest absolute Gasteiger partial charge is 0.382 e. The maximum absolute atomic E-state index is 10.4. The Balaban J connectivity index is 2.48. The van der Waals surface area contributed by atoms with E-state index in [0.717, 1.165) is 25.7 Å². The Morgan fingerprint density at radius 1 is 1.10 bits per heavy atom. The quantitative estimate of drug-likeness (QED) is 0.442. The van der Waals surface area contributed by atoms with Gasteiger partial charge in [0.05, 0.1) is 0 Å². The summed E-state index contributed by atoms with van der Waals surface area (Å²) in [5.74, 6) is 0. The minimum atomic E-state index is -0.976. The Hall–Kier alpha value is -0.370. The molecule has 1 aliphatic rings. The van der Waals surface area contributed by atoms with Crippen LogP contribution in [-0.2, 0) is 4.79 Å². The van der Waals surface area contributed by atoms with Gasteiger partial charge in [0, 0.05) is 0 Å². The van der Waals surface area contributed by atoms with Crippen molar-refractivity contribution in [2.24, 2.45) is 0 Å². The first kappa shape index (κ1) is 7.73. The maximum atomic E-state index is 10.4. The van der Waals surface area contributed by atoms with E-state index in [1.165, 1.54) is 0 Å². The summed E-state index contributed by atoms with van der Waals surface area (Å²) in [6.07, 6.45) is 6.35. The molecule has 0 atom stereocenters. The van der Waals surface area contributed by atoms with Crippen LogP contribution in [0.25, 0.3) is 0 Å². The molecule has 0 aliphatic heterocycles. The van der Waals surface area contributed by atoms with E-state index in [9.17, 15) is 9.90 Å². The second kappa shape index (κ2) is 3.15. The fourth-order valence-electron chi connectivity index (χ4n) is 1.46. The lowest BCUT2D eigenvalue weighted by molar-refractivity contribution is -0.125. The van der Waals surface area contributed by atoms with E-state index in [2.05, 4.69) is 0 Å². The number of aliphatic hydroxyl groups is 1. The molecular formula is C8H14O2. The van der Waals surface area contributed by atoms with Gasteiger partial charge in [0.25, 0.3) is 0 Å². The van der Waals surface area contributed by atoms with Crippen molar-refractivity contribution in [3.8, 4) is 0 Å². The minimum Gasteiger partial charge on any atom is -0.382 e. The molecule has 0 heterocycles. The van der Waals surface area contributed by atoms with Gasteiger partial charge in [-0.2, -0.15) is 0 Å². The summed E-state index contributed by atoms with van der Waals surface area (Å²) in [6.45, 7) is 0. The van der Waals surface area contributed by atoms with Crippen molar-refractivity contribution in [3.05, 3.63) is 0 Å². The average molecular weight is 142 g/mol. The Morgan fingerprint density at radius 3 is 2.00 bits per heavy atom. The normalized spacial score (nSPS) is 25.3. The Labute approximate surface area is 61.2 Å². The smallest absolute Gasteiger partial charge is 0.151 e. The van der Waals surface area contributed by atoms with Crippen molar-refractivity contribution >= 4 is 6.29 Å². The number of carbonyl (C=O) groups is 1. The van der Waals surface area contributed by atoms with Gasteiger partial charge in [-0.15, -0.1) is 0 Å². The zero-order valence-corrected chi connectivity index (χ0v) is 6.18. The predicted octanol–water partition coefficient (Wildman–Crippen LogP) is 1.27. The first-order valence-corrected chi connectivity index (χ1v) is 3.96. The van der Waals surface area contributed by atoms with Crippen molar-refractivity contribution < 1.29 is 9.90 Å². The Morgan fingerprint density at radius 2 is 1.60 bits per heavy atom. The monoisotopic (exact) mass is 142 g/mol. The summed E-state index contributed by atoms with van der Waals surface area (Å²) in [4.78, 5) is 10.4. The van der Waals surface area contributed by atoms with Crippen LogP contribution in [0.3, 0.4) is 0 Å². The fraction of sp³-hybridized carbons (Fsp3) is 0.875. The summed E-state index contributed by atoms with van der Waals surface area (Å²) >= 11 is 0. The Bertz CT molecular complexity index is 112. The second-order valence-electron chi connectivity index (χ2n) is 3.14. The van der Waals surface area contributed by atoms with Gasteiger partial charge < -0.3 is 9.90 Å². The van der Waals surface area contributed by atoms with Crippen molar-refractivity contribution in [2.45, 2.75) is 44.1 Å². The van der Waals surface area contributed by atoms with Gasteiger partial charge in [-0.25, -0.2) is 0 Å². The highest BCUT2D eigenvalue weighted by molar-refractivity contribution is 5.61. The van der Waals surface area contributed by atoms with Crippen LogP contribution in [0.1, 0.15) is 38.5 Å².